The number of anilines is 1. The number of nitrogens with zero attached hydrogens (tertiary/aromatic N) is 3. The van der Waals surface area contributed by atoms with Crippen LogP contribution in [0.1, 0.15) is 5.69 Å². The zero-order valence-corrected chi connectivity index (χ0v) is 10.9. The highest BCUT2D eigenvalue weighted by molar-refractivity contribution is 5.90. The van der Waals surface area contributed by atoms with E-state index in [4.69, 9.17) is 0 Å². The van der Waals surface area contributed by atoms with E-state index in [0.29, 0.717) is 5.69 Å². The van der Waals surface area contributed by atoms with Crippen LogP contribution in [0.25, 0.3) is 0 Å². The summed E-state index contributed by atoms with van der Waals surface area (Å²) < 4.78 is 37.9. The van der Waals surface area contributed by atoms with Gasteiger partial charge in [-0.05, 0) is 18.2 Å². The number of carbonyl (C=O) groups excluding carboxylic acids is 1. The topological polar surface area (TPSA) is 90.1 Å². The largest absolute Gasteiger partial charge is 0.435 e. The predicted octanol–water partition coefficient (Wildman–Crippen LogP) is 2.45. The second-order valence-corrected chi connectivity index (χ2v) is 4.25. The lowest BCUT2D eigenvalue weighted by molar-refractivity contribution is -0.384. The summed E-state index contributed by atoms with van der Waals surface area (Å²) in [5.74, 6) is -0.606. The molecule has 1 N–H and O–H groups in total. The number of nitro groups is 1. The Morgan fingerprint density at radius 3 is 2.41 bits per heavy atom. The molecule has 0 spiro atoms. The van der Waals surface area contributed by atoms with Crippen molar-refractivity contribution in [2.45, 2.75) is 12.7 Å². The maximum atomic E-state index is 12.4. The van der Waals surface area contributed by atoms with E-state index in [2.05, 4.69) is 10.4 Å². The molecule has 0 aliphatic carbocycles. The van der Waals surface area contributed by atoms with Gasteiger partial charge in [0.1, 0.15) is 6.54 Å². The minimum atomic E-state index is -4.57. The molecule has 0 bridgehead atoms. The highest BCUT2D eigenvalue weighted by Gasteiger charge is 2.33. The highest BCUT2D eigenvalue weighted by Crippen LogP contribution is 2.27. The fraction of sp³-hybridized carbons (Fsp3) is 0.167. The number of nitro benzene ring substituents is 1. The van der Waals surface area contributed by atoms with E-state index in [1.807, 2.05) is 0 Å². The van der Waals surface area contributed by atoms with Crippen molar-refractivity contribution in [3.05, 3.63) is 52.3 Å². The summed E-state index contributed by atoms with van der Waals surface area (Å²) in [6, 6.07) is 5.80. The summed E-state index contributed by atoms with van der Waals surface area (Å²) in [7, 11) is 0. The van der Waals surface area contributed by atoms with Gasteiger partial charge < -0.3 is 5.32 Å². The van der Waals surface area contributed by atoms with Crippen molar-refractivity contribution in [3.63, 3.8) is 0 Å². The van der Waals surface area contributed by atoms with Gasteiger partial charge in [-0.2, -0.15) is 18.3 Å². The molecule has 0 aliphatic heterocycles. The SMILES string of the molecule is O=C(Cn1ccc(C(F)(F)F)n1)Nc1ccc([N+](=O)[O-])cc1. The van der Waals surface area contributed by atoms with Crippen molar-refractivity contribution in [1.29, 1.82) is 0 Å². The van der Waals surface area contributed by atoms with Gasteiger partial charge in [-0.25, -0.2) is 0 Å². The third-order valence-electron chi connectivity index (χ3n) is 2.60. The molecular weight excluding hydrogens is 305 g/mol. The summed E-state index contributed by atoms with van der Waals surface area (Å²) in [6.07, 6.45) is -3.53. The molecular formula is C12H9F3N4O3. The summed E-state index contributed by atoms with van der Waals surface area (Å²) in [5.41, 5.74) is -0.936. The Kier molecular flexibility index (Phi) is 4.11. The van der Waals surface area contributed by atoms with E-state index < -0.39 is 29.2 Å². The second kappa shape index (κ2) is 5.84. The van der Waals surface area contributed by atoms with Crippen LogP contribution in [0.15, 0.2) is 36.5 Å². The zero-order valence-electron chi connectivity index (χ0n) is 10.9. The van der Waals surface area contributed by atoms with Crippen LogP contribution >= 0.6 is 0 Å². The molecule has 2 aromatic rings. The molecule has 22 heavy (non-hydrogen) atoms. The number of aromatic nitrogens is 2. The van der Waals surface area contributed by atoms with E-state index >= 15 is 0 Å². The number of hydrogen-bond donors (Lipinski definition) is 1. The molecule has 116 valence electrons. The van der Waals surface area contributed by atoms with Crippen LogP contribution in [0, 0.1) is 10.1 Å². The van der Waals surface area contributed by atoms with Gasteiger partial charge in [-0.1, -0.05) is 0 Å². The Morgan fingerprint density at radius 1 is 1.27 bits per heavy atom. The average molecular weight is 314 g/mol. The van der Waals surface area contributed by atoms with Gasteiger partial charge in [0, 0.05) is 24.0 Å². The molecule has 0 unspecified atom stereocenters. The first kappa shape index (κ1) is 15.5. The van der Waals surface area contributed by atoms with Crippen LogP contribution in [0.4, 0.5) is 24.5 Å². The minimum Gasteiger partial charge on any atom is -0.324 e. The van der Waals surface area contributed by atoms with E-state index in [9.17, 15) is 28.1 Å². The lowest BCUT2D eigenvalue weighted by Crippen LogP contribution is -2.19. The van der Waals surface area contributed by atoms with Crippen molar-refractivity contribution >= 4 is 17.3 Å². The third kappa shape index (κ3) is 3.81. The van der Waals surface area contributed by atoms with Gasteiger partial charge in [0.05, 0.1) is 4.92 Å². The molecule has 0 radical (unpaired) electrons. The minimum absolute atomic E-state index is 0.139. The maximum absolute atomic E-state index is 12.4. The number of amides is 1. The number of halogens is 3. The van der Waals surface area contributed by atoms with Crippen molar-refractivity contribution in [2.24, 2.45) is 0 Å². The lowest BCUT2D eigenvalue weighted by Gasteiger charge is -2.05. The monoisotopic (exact) mass is 314 g/mol. The Balaban J connectivity index is 1.98. The molecule has 1 heterocycles. The Morgan fingerprint density at radius 2 is 1.91 bits per heavy atom. The molecule has 0 aliphatic rings. The number of hydrogen-bond acceptors (Lipinski definition) is 4. The Bertz CT molecular complexity index is 694. The Hall–Kier alpha value is -2.91. The van der Waals surface area contributed by atoms with Gasteiger partial charge >= 0.3 is 6.18 Å². The third-order valence-corrected chi connectivity index (χ3v) is 2.60. The number of rotatable bonds is 4. The van der Waals surface area contributed by atoms with E-state index in [1.165, 1.54) is 24.3 Å². The quantitative estimate of drug-likeness (QED) is 0.693. The first-order valence-corrected chi connectivity index (χ1v) is 5.90. The van der Waals surface area contributed by atoms with Crippen molar-refractivity contribution in [1.82, 2.24) is 9.78 Å². The summed E-state index contributed by atoms with van der Waals surface area (Å²) in [4.78, 5) is 21.6. The molecule has 7 nitrogen and oxygen atoms in total. The normalized spacial score (nSPS) is 11.2. The number of benzene rings is 1. The molecule has 0 fully saturated rings. The smallest absolute Gasteiger partial charge is 0.324 e. The molecule has 0 saturated carbocycles. The molecule has 1 aromatic carbocycles. The predicted molar refractivity (Wildman–Crippen MR) is 69.0 cm³/mol. The molecule has 2 rings (SSSR count). The maximum Gasteiger partial charge on any atom is 0.435 e. The highest BCUT2D eigenvalue weighted by atomic mass is 19.4. The summed E-state index contributed by atoms with van der Waals surface area (Å²) in [5, 5.41) is 16.1. The standard InChI is InChI=1S/C12H9F3N4O3/c13-12(14,15)10-5-6-18(17-10)7-11(20)16-8-1-3-9(4-2-8)19(21)22/h1-6H,7H2,(H,16,20). The van der Waals surface area contributed by atoms with Crippen molar-refractivity contribution in [3.8, 4) is 0 Å². The van der Waals surface area contributed by atoms with Crippen LogP contribution in [-0.2, 0) is 17.5 Å². The molecule has 1 aromatic heterocycles. The van der Waals surface area contributed by atoms with Gasteiger partial charge in [0.2, 0.25) is 5.91 Å². The number of nitrogens with one attached hydrogen (secondary N) is 1. The first-order chi connectivity index (χ1) is 10.3. The van der Waals surface area contributed by atoms with Gasteiger partial charge in [-0.3, -0.25) is 19.6 Å². The van der Waals surface area contributed by atoms with Crippen molar-refractivity contribution in [2.75, 3.05) is 5.32 Å². The number of alkyl halides is 3. The fourth-order valence-corrected chi connectivity index (χ4v) is 1.62. The fourth-order valence-electron chi connectivity index (χ4n) is 1.62. The van der Waals surface area contributed by atoms with Crippen molar-refractivity contribution < 1.29 is 22.9 Å². The summed E-state index contributed by atoms with van der Waals surface area (Å²) >= 11 is 0. The lowest BCUT2D eigenvalue weighted by atomic mass is 10.3. The van der Waals surface area contributed by atoms with Gasteiger partial charge in [-0.15, -0.1) is 0 Å². The molecule has 0 saturated heterocycles. The first-order valence-electron chi connectivity index (χ1n) is 5.90. The molecule has 1 amide bonds. The van der Waals surface area contributed by atoms with Crippen LogP contribution in [0.3, 0.4) is 0 Å². The van der Waals surface area contributed by atoms with Gasteiger partial charge in [0.15, 0.2) is 5.69 Å². The van der Waals surface area contributed by atoms with Crippen LogP contribution < -0.4 is 5.32 Å². The Labute approximate surface area is 121 Å². The number of non-ortho nitro benzene ring substituents is 1. The van der Waals surface area contributed by atoms with Gasteiger partial charge in [0.25, 0.3) is 5.69 Å². The van der Waals surface area contributed by atoms with E-state index in [0.717, 1.165) is 16.9 Å². The zero-order chi connectivity index (χ0) is 16.3. The second-order valence-electron chi connectivity index (χ2n) is 4.25. The molecule has 10 heteroatoms. The molecule has 0 atom stereocenters. The summed E-state index contributed by atoms with van der Waals surface area (Å²) in [6.45, 7) is -0.410. The van der Waals surface area contributed by atoms with Crippen LogP contribution in [-0.4, -0.2) is 20.6 Å². The van der Waals surface area contributed by atoms with E-state index in [1.54, 1.807) is 0 Å². The average Bonchev–Trinajstić information content (AvgIpc) is 2.87. The number of carbonyl (C=O) groups is 1. The van der Waals surface area contributed by atoms with Crippen LogP contribution in [0.2, 0.25) is 0 Å². The van der Waals surface area contributed by atoms with E-state index in [-0.39, 0.29) is 5.69 Å². The van der Waals surface area contributed by atoms with Crippen LogP contribution in [0.5, 0.6) is 0 Å².